The highest BCUT2D eigenvalue weighted by Crippen LogP contribution is 2.25. The van der Waals surface area contributed by atoms with E-state index in [0.29, 0.717) is 0 Å². The third kappa shape index (κ3) is 4.17. The lowest BCUT2D eigenvalue weighted by molar-refractivity contribution is -0.385. The molecule has 1 heterocycles. The van der Waals surface area contributed by atoms with E-state index in [9.17, 15) is 14.9 Å². The summed E-state index contributed by atoms with van der Waals surface area (Å²) >= 11 is 5.67. The quantitative estimate of drug-likeness (QED) is 0.660. The fraction of sp³-hybridized carbons (Fsp3) is 0.400. The van der Waals surface area contributed by atoms with Gasteiger partial charge in [0, 0.05) is 6.07 Å². The van der Waals surface area contributed by atoms with Crippen molar-refractivity contribution in [2.75, 3.05) is 5.32 Å². The van der Waals surface area contributed by atoms with E-state index in [2.05, 4.69) is 10.3 Å². The zero-order valence-corrected chi connectivity index (χ0v) is 10.8. The van der Waals surface area contributed by atoms with Gasteiger partial charge in [0.05, 0.1) is 4.92 Å². The van der Waals surface area contributed by atoms with E-state index in [0.717, 1.165) is 6.20 Å². The molecule has 1 N–H and O–H groups in total. The van der Waals surface area contributed by atoms with Gasteiger partial charge in [-0.1, -0.05) is 11.6 Å². The summed E-state index contributed by atoms with van der Waals surface area (Å²) in [5.74, 6) is 0.0832. The van der Waals surface area contributed by atoms with E-state index in [1.807, 2.05) is 0 Å². The molecule has 98 valence electrons. The number of halogens is 1. The first-order valence-corrected chi connectivity index (χ1v) is 5.37. The second-order valence-electron chi connectivity index (χ2n) is 4.40. The first-order valence-electron chi connectivity index (χ1n) is 4.99. The normalized spacial score (nSPS) is 10.9. The van der Waals surface area contributed by atoms with Crippen LogP contribution in [-0.2, 0) is 4.74 Å². The highest BCUT2D eigenvalue weighted by Gasteiger charge is 2.18. The van der Waals surface area contributed by atoms with Crippen molar-refractivity contribution in [3.63, 3.8) is 0 Å². The molecule has 18 heavy (non-hydrogen) atoms. The molecule has 0 aromatic carbocycles. The number of hydrogen-bond donors (Lipinski definition) is 1. The summed E-state index contributed by atoms with van der Waals surface area (Å²) in [6, 6.07) is 1.18. The molecule has 0 unspecified atom stereocenters. The zero-order valence-electron chi connectivity index (χ0n) is 10.1. The number of pyridine rings is 1. The minimum absolute atomic E-state index is 0.0832. The fourth-order valence-corrected chi connectivity index (χ4v) is 1.26. The topological polar surface area (TPSA) is 94.4 Å². The average molecular weight is 274 g/mol. The number of amides is 1. The number of ether oxygens (including phenoxy) is 1. The molecule has 0 aliphatic carbocycles. The number of nitrogens with zero attached hydrogens (tertiary/aromatic N) is 2. The molecular weight excluding hydrogens is 262 g/mol. The predicted octanol–water partition coefficient (Wildman–Crippen LogP) is 2.99. The van der Waals surface area contributed by atoms with Crippen LogP contribution in [0.5, 0.6) is 0 Å². The molecule has 7 nitrogen and oxygen atoms in total. The second-order valence-corrected chi connectivity index (χ2v) is 4.81. The number of rotatable bonds is 2. The van der Waals surface area contributed by atoms with Crippen LogP contribution in [-0.4, -0.2) is 21.6 Å². The number of nitro groups is 1. The lowest BCUT2D eigenvalue weighted by atomic mass is 10.2. The molecule has 1 rings (SSSR count). The van der Waals surface area contributed by atoms with Crippen molar-refractivity contribution < 1.29 is 14.5 Å². The summed E-state index contributed by atoms with van der Waals surface area (Å²) in [5, 5.41) is 12.7. The van der Waals surface area contributed by atoms with Crippen molar-refractivity contribution in [1.82, 2.24) is 4.98 Å². The maximum absolute atomic E-state index is 11.4. The molecule has 0 aliphatic rings. The Labute approximate surface area is 108 Å². The second kappa shape index (κ2) is 5.18. The van der Waals surface area contributed by atoms with Gasteiger partial charge in [-0.15, -0.1) is 0 Å². The fourth-order valence-electron chi connectivity index (χ4n) is 1.03. The molecule has 0 saturated heterocycles. The van der Waals surface area contributed by atoms with Crippen LogP contribution in [0.3, 0.4) is 0 Å². The van der Waals surface area contributed by atoms with Gasteiger partial charge in [-0.05, 0) is 20.8 Å². The minimum Gasteiger partial charge on any atom is -0.444 e. The predicted molar refractivity (Wildman–Crippen MR) is 65.8 cm³/mol. The molecule has 1 aromatic rings. The number of anilines is 1. The molecule has 0 saturated carbocycles. The van der Waals surface area contributed by atoms with Gasteiger partial charge in [-0.3, -0.25) is 15.4 Å². The Morgan fingerprint density at radius 1 is 1.56 bits per heavy atom. The number of aromatic nitrogens is 1. The van der Waals surface area contributed by atoms with E-state index in [1.54, 1.807) is 20.8 Å². The van der Waals surface area contributed by atoms with Crippen LogP contribution in [0.1, 0.15) is 20.8 Å². The van der Waals surface area contributed by atoms with Crippen LogP contribution in [0.2, 0.25) is 5.02 Å². The summed E-state index contributed by atoms with van der Waals surface area (Å²) in [6.45, 7) is 5.13. The SMILES string of the molecule is CC(C)(C)OC(=O)Nc1cc(Cl)c([N+](=O)[O-])cn1. The van der Waals surface area contributed by atoms with E-state index in [4.69, 9.17) is 16.3 Å². The third-order valence-corrected chi connectivity index (χ3v) is 1.96. The molecule has 0 atom stereocenters. The number of nitrogens with one attached hydrogen (secondary N) is 1. The Morgan fingerprint density at radius 2 is 2.17 bits per heavy atom. The van der Waals surface area contributed by atoms with Gasteiger partial charge >= 0.3 is 11.8 Å². The first-order chi connectivity index (χ1) is 8.19. The van der Waals surface area contributed by atoms with E-state index in [-0.39, 0.29) is 16.5 Å². The molecule has 8 heteroatoms. The summed E-state index contributed by atoms with van der Waals surface area (Å²) in [5.41, 5.74) is -0.972. The first kappa shape index (κ1) is 14.2. The highest BCUT2D eigenvalue weighted by molar-refractivity contribution is 6.32. The van der Waals surface area contributed by atoms with Crippen molar-refractivity contribution >= 4 is 29.2 Å². The monoisotopic (exact) mass is 273 g/mol. The van der Waals surface area contributed by atoms with Crippen LogP contribution in [0.4, 0.5) is 16.3 Å². The molecule has 0 radical (unpaired) electrons. The summed E-state index contributed by atoms with van der Waals surface area (Å²) in [6.07, 6.45) is 0.259. The number of carbonyl (C=O) groups excluding carboxylic acids is 1. The number of carbonyl (C=O) groups is 1. The molecule has 0 bridgehead atoms. The van der Waals surface area contributed by atoms with Crippen LogP contribution in [0.15, 0.2) is 12.3 Å². The van der Waals surface area contributed by atoms with Gasteiger partial charge in [-0.2, -0.15) is 0 Å². The maximum atomic E-state index is 11.4. The van der Waals surface area contributed by atoms with Gasteiger partial charge in [0.1, 0.15) is 22.6 Å². The summed E-state index contributed by atoms with van der Waals surface area (Å²) in [4.78, 5) is 25.0. The Hall–Kier alpha value is -1.89. The lowest BCUT2D eigenvalue weighted by Crippen LogP contribution is -2.27. The van der Waals surface area contributed by atoms with E-state index < -0.39 is 16.6 Å². The third-order valence-electron chi connectivity index (χ3n) is 1.66. The molecule has 1 amide bonds. The molecule has 0 spiro atoms. The Kier molecular flexibility index (Phi) is 4.07. The maximum Gasteiger partial charge on any atom is 0.413 e. The molecule has 1 aromatic heterocycles. The average Bonchev–Trinajstić information content (AvgIpc) is 2.13. The van der Waals surface area contributed by atoms with E-state index in [1.165, 1.54) is 6.07 Å². The smallest absolute Gasteiger partial charge is 0.413 e. The van der Waals surface area contributed by atoms with Crippen LogP contribution in [0.25, 0.3) is 0 Å². The van der Waals surface area contributed by atoms with Crippen molar-refractivity contribution in [2.24, 2.45) is 0 Å². The van der Waals surface area contributed by atoms with Gasteiger partial charge in [0.2, 0.25) is 0 Å². The number of hydrogen-bond acceptors (Lipinski definition) is 5. The molecular formula is C10H12ClN3O4. The summed E-state index contributed by atoms with van der Waals surface area (Å²) in [7, 11) is 0. The van der Waals surface area contributed by atoms with Crippen molar-refractivity contribution in [1.29, 1.82) is 0 Å². The van der Waals surface area contributed by atoms with Crippen LogP contribution < -0.4 is 5.32 Å². The zero-order chi connectivity index (χ0) is 13.9. The summed E-state index contributed by atoms with van der Waals surface area (Å²) < 4.78 is 4.99. The van der Waals surface area contributed by atoms with Crippen molar-refractivity contribution in [3.05, 3.63) is 27.4 Å². The Morgan fingerprint density at radius 3 is 2.61 bits per heavy atom. The van der Waals surface area contributed by atoms with Gasteiger partial charge in [0.15, 0.2) is 0 Å². The molecule has 0 aliphatic heterocycles. The lowest BCUT2D eigenvalue weighted by Gasteiger charge is -2.19. The van der Waals surface area contributed by atoms with Crippen molar-refractivity contribution in [2.45, 2.75) is 26.4 Å². The van der Waals surface area contributed by atoms with Gasteiger partial charge < -0.3 is 4.74 Å². The van der Waals surface area contributed by atoms with Crippen LogP contribution >= 0.6 is 11.6 Å². The standard InChI is InChI=1S/C10H12ClN3O4/c1-10(2,3)18-9(15)13-8-4-6(11)7(5-12-8)14(16)17/h4-5H,1-3H3,(H,12,13,15). The van der Waals surface area contributed by atoms with Crippen LogP contribution in [0, 0.1) is 10.1 Å². The van der Waals surface area contributed by atoms with Gasteiger partial charge in [-0.25, -0.2) is 9.78 Å². The highest BCUT2D eigenvalue weighted by atomic mass is 35.5. The largest absolute Gasteiger partial charge is 0.444 e. The van der Waals surface area contributed by atoms with Gasteiger partial charge in [0.25, 0.3) is 0 Å². The minimum atomic E-state index is -0.708. The van der Waals surface area contributed by atoms with Crippen molar-refractivity contribution in [3.8, 4) is 0 Å². The Balaban J connectivity index is 2.78. The Bertz CT molecular complexity index is 485. The molecule has 0 fully saturated rings. The van der Waals surface area contributed by atoms with E-state index >= 15 is 0 Å².